The summed E-state index contributed by atoms with van der Waals surface area (Å²) in [6.45, 7) is 0. The van der Waals surface area contributed by atoms with Crippen molar-refractivity contribution in [1.29, 1.82) is 0 Å². The molecule has 1 aromatic rings. The molecular formula is C9H12N2O3. The van der Waals surface area contributed by atoms with E-state index in [9.17, 15) is 9.90 Å². The summed E-state index contributed by atoms with van der Waals surface area (Å²) >= 11 is 0. The summed E-state index contributed by atoms with van der Waals surface area (Å²) in [5.74, 6) is 4.83. The molecule has 1 aromatic carbocycles. The van der Waals surface area contributed by atoms with Crippen molar-refractivity contribution in [2.45, 2.75) is 6.42 Å². The van der Waals surface area contributed by atoms with Crippen molar-refractivity contribution < 1.29 is 14.6 Å². The minimum Gasteiger partial charge on any atom is -0.506 e. The van der Waals surface area contributed by atoms with Crippen molar-refractivity contribution in [1.82, 2.24) is 0 Å². The third kappa shape index (κ3) is 2.14. The third-order valence-corrected chi connectivity index (χ3v) is 1.84. The Hall–Kier alpha value is -1.75. The number of hydrogen-bond donors (Lipinski definition) is 3. The number of carbonyl (C=O) groups is 1. The standard InChI is InChI=1S/C9H12N2O3/c1-14-8(13)5-6-3-2-4-7(12)9(6)11-10/h2-4,11-12H,5,10H2,1H3. The molecule has 0 radical (unpaired) electrons. The van der Waals surface area contributed by atoms with Crippen molar-refractivity contribution in [3.8, 4) is 5.75 Å². The average molecular weight is 196 g/mol. The number of anilines is 1. The molecule has 5 heteroatoms. The van der Waals surface area contributed by atoms with Gasteiger partial charge in [0.2, 0.25) is 0 Å². The second-order valence-electron chi connectivity index (χ2n) is 2.71. The summed E-state index contributed by atoms with van der Waals surface area (Å²) in [4.78, 5) is 11.0. The van der Waals surface area contributed by atoms with Crippen molar-refractivity contribution in [3.05, 3.63) is 23.8 Å². The highest BCUT2D eigenvalue weighted by Crippen LogP contribution is 2.26. The van der Waals surface area contributed by atoms with Crippen LogP contribution in [0.3, 0.4) is 0 Å². The van der Waals surface area contributed by atoms with Gasteiger partial charge in [0.1, 0.15) is 5.75 Å². The molecule has 0 amide bonds. The van der Waals surface area contributed by atoms with Crippen LogP contribution in [0.5, 0.6) is 5.75 Å². The number of methoxy groups -OCH3 is 1. The number of hydrogen-bond acceptors (Lipinski definition) is 5. The molecule has 0 aromatic heterocycles. The number of nitrogen functional groups attached to an aromatic ring is 1. The molecule has 14 heavy (non-hydrogen) atoms. The Balaban J connectivity index is 2.96. The lowest BCUT2D eigenvalue weighted by Gasteiger charge is -2.09. The number of carbonyl (C=O) groups excluding carboxylic acids is 1. The number of nitrogens with one attached hydrogen (secondary N) is 1. The van der Waals surface area contributed by atoms with Gasteiger partial charge in [-0.15, -0.1) is 0 Å². The zero-order valence-corrected chi connectivity index (χ0v) is 7.78. The van der Waals surface area contributed by atoms with E-state index in [1.54, 1.807) is 12.1 Å². The highest BCUT2D eigenvalue weighted by Gasteiger charge is 2.10. The monoisotopic (exact) mass is 196 g/mol. The zero-order valence-electron chi connectivity index (χ0n) is 7.78. The van der Waals surface area contributed by atoms with Crippen LogP contribution in [0.25, 0.3) is 0 Å². The molecule has 5 nitrogen and oxygen atoms in total. The number of rotatable bonds is 3. The summed E-state index contributed by atoms with van der Waals surface area (Å²) in [6, 6.07) is 4.80. The van der Waals surface area contributed by atoms with Crippen LogP contribution in [0.4, 0.5) is 5.69 Å². The second-order valence-corrected chi connectivity index (χ2v) is 2.71. The topological polar surface area (TPSA) is 84.6 Å². The van der Waals surface area contributed by atoms with Gasteiger partial charge in [-0.3, -0.25) is 10.6 Å². The van der Waals surface area contributed by atoms with Crippen LogP contribution in [0.15, 0.2) is 18.2 Å². The lowest BCUT2D eigenvalue weighted by Crippen LogP contribution is -2.12. The fraction of sp³-hybridized carbons (Fsp3) is 0.222. The van der Waals surface area contributed by atoms with Crippen LogP contribution in [0.2, 0.25) is 0 Å². The van der Waals surface area contributed by atoms with Gasteiger partial charge in [0.25, 0.3) is 0 Å². The number of phenols is 1. The summed E-state index contributed by atoms with van der Waals surface area (Å²) in [5.41, 5.74) is 3.28. The zero-order chi connectivity index (χ0) is 10.6. The molecule has 0 bridgehead atoms. The van der Waals surface area contributed by atoms with Gasteiger partial charge in [-0.05, 0) is 11.6 Å². The minimum absolute atomic E-state index is 0.00824. The number of ether oxygens (including phenoxy) is 1. The van der Waals surface area contributed by atoms with Crippen LogP contribution >= 0.6 is 0 Å². The SMILES string of the molecule is COC(=O)Cc1cccc(O)c1NN. The van der Waals surface area contributed by atoms with Gasteiger partial charge in [-0.2, -0.15) is 0 Å². The summed E-state index contributed by atoms with van der Waals surface area (Å²) in [7, 11) is 1.31. The Morgan fingerprint density at radius 1 is 1.64 bits per heavy atom. The van der Waals surface area contributed by atoms with E-state index in [2.05, 4.69) is 10.2 Å². The first kappa shape index (κ1) is 10.3. The average Bonchev–Trinajstić information content (AvgIpc) is 2.18. The minimum atomic E-state index is -0.382. The van der Waals surface area contributed by atoms with Crippen molar-refractivity contribution in [3.63, 3.8) is 0 Å². The van der Waals surface area contributed by atoms with Crippen LogP contribution in [0.1, 0.15) is 5.56 Å². The first-order valence-electron chi connectivity index (χ1n) is 4.03. The van der Waals surface area contributed by atoms with Gasteiger partial charge < -0.3 is 15.3 Å². The van der Waals surface area contributed by atoms with E-state index in [4.69, 9.17) is 5.84 Å². The molecule has 0 saturated heterocycles. The molecule has 0 atom stereocenters. The van der Waals surface area contributed by atoms with Gasteiger partial charge in [0, 0.05) is 0 Å². The van der Waals surface area contributed by atoms with Gasteiger partial charge in [0.15, 0.2) is 0 Å². The highest BCUT2D eigenvalue weighted by atomic mass is 16.5. The van der Waals surface area contributed by atoms with Gasteiger partial charge >= 0.3 is 5.97 Å². The maximum absolute atomic E-state index is 11.0. The maximum Gasteiger partial charge on any atom is 0.310 e. The van der Waals surface area contributed by atoms with Crippen LogP contribution < -0.4 is 11.3 Å². The molecule has 0 aliphatic rings. The predicted octanol–water partition coefficient (Wildman–Crippen LogP) is 0.393. The fourth-order valence-electron chi connectivity index (χ4n) is 1.13. The highest BCUT2D eigenvalue weighted by molar-refractivity contribution is 5.76. The Bertz CT molecular complexity index is 339. The predicted molar refractivity (Wildman–Crippen MR) is 51.6 cm³/mol. The van der Waals surface area contributed by atoms with E-state index in [1.807, 2.05) is 0 Å². The van der Waals surface area contributed by atoms with E-state index in [1.165, 1.54) is 13.2 Å². The van der Waals surface area contributed by atoms with Gasteiger partial charge in [0.05, 0.1) is 19.2 Å². The summed E-state index contributed by atoms with van der Waals surface area (Å²) in [5, 5.41) is 9.38. The van der Waals surface area contributed by atoms with Gasteiger partial charge in [-0.1, -0.05) is 12.1 Å². The second kappa shape index (κ2) is 4.48. The van der Waals surface area contributed by atoms with Crippen molar-refractivity contribution in [2.24, 2.45) is 5.84 Å². The number of phenolic OH excluding ortho intramolecular Hbond substituents is 1. The molecule has 1 rings (SSSR count). The Morgan fingerprint density at radius 2 is 2.36 bits per heavy atom. The fourth-order valence-corrected chi connectivity index (χ4v) is 1.13. The normalized spacial score (nSPS) is 9.57. The van der Waals surface area contributed by atoms with Crippen molar-refractivity contribution in [2.75, 3.05) is 12.5 Å². The maximum atomic E-state index is 11.0. The summed E-state index contributed by atoms with van der Waals surface area (Å²) < 4.78 is 4.50. The van der Waals surface area contributed by atoms with E-state index in [-0.39, 0.29) is 18.1 Å². The number of hydrazine groups is 1. The lowest BCUT2D eigenvalue weighted by atomic mass is 10.1. The van der Waals surface area contributed by atoms with E-state index >= 15 is 0 Å². The molecular weight excluding hydrogens is 184 g/mol. The van der Waals surface area contributed by atoms with Gasteiger partial charge in [-0.25, -0.2) is 0 Å². The Kier molecular flexibility index (Phi) is 3.30. The van der Waals surface area contributed by atoms with Crippen LogP contribution in [-0.4, -0.2) is 18.2 Å². The first-order chi connectivity index (χ1) is 6.69. The Labute approximate surface area is 81.5 Å². The molecule has 0 fully saturated rings. The quantitative estimate of drug-likeness (QED) is 0.282. The molecule has 0 spiro atoms. The number of aromatic hydroxyl groups is 1. The van der Waals surface area contributed by atoms with Crippen molar-refractivity contribution >= 4 is 11.7 Å². The smallest absolute Gasteiger partial charge is 0.310 e. The lowest BCUT2D eigenvalue weighted by molar-refractivity contribution is -0.139. The molecule has 76 valence electrons. The van der Waals surface area contributed by atoms with E-state index < -0.39 is 0 Å². The molecule has 0 aliphatic carbocycles. The summed E-state index contributed by atoms with van der Waals surface area (Å²) in [6.07, 6.45) is 0.0738. The molecule has 0 saturated carbocycles. The third-order valence-electron chi connectivity index (χ3n) is 1.84. The number of esters is 1. The Morgan fingerprint density at radius 3 is 2.93 bits per heavy atom. The number of benzene rings is 1. The van der Waals surface area contributed by atoms with E-state index in [0.29, 0.717) is 11.3 Å². The van der Waals surface area contributed by atoms with Crippen LogP contribution in [0, 0.1) is 0 Å². The molecule has 0 aliphatic heterocycles. The van der Waals surface area contributed by atoms with E-state index in [0.717, 1.165) is 0 Å². The molecule has 0 heterocycles. The van der Waals surface area contributed by atoms with Crippen LogP contribution in [-0.2, 0) is 16.0 Å². The molecule has 0 unspecified atom stereocenters. The first-order valence-corrected chi connectivity index (χ1v) is 4.03. The number of nitrogens with two attached hydrogens (primary N) is 1. The number of para-hydroxylation sites is 1. The largest absolute Gasteiger partial charge is 0.506 e. The molecule has 4 N–H and O–H groups in total.